The third-order valence-corrected chi connectivity index (χ3v) is 2.71. The molecule has 0 bridgehead atoms. The molecule has 0 radical (unpaired) electrons. The number of anilines is 1. The molecule has 1 aromatic rings. The molecule has 0 saturated heterocycles. The highest BCUT2D eigenvalue weighted by Crippen LogP contribution is 2.26. The molecule has 1 N–H and O–H groups in total. The Labute approximate surface area is 117 Å². The van der Waals surface area contributed by atoms with Gasteiger partial charge in [-0.3, -0.25) is 10.1 Å². The number of aromatic nitrogens is 2. The van der Waals surface area contributed by atoms with Crippen LogP contribution in [-0.2, 0) is 0 Å². The number of rotatable bonds is 7. The Balaban J connectivity index is 2.64. The predicted octanol–water partition coefficient (Wildman–Crippen LogP) is 2.10. The number of nitrogens with zero attached hydrogens (tertiary/aromatic N) is 4. The van der Waals surface area contributed by atoms with Crippen LogP contribution in [0, 0.1) is 17.0 Å². The number of nitro groups is 1. The van der Waals surface area contributed by atoms with Crippen molar-refractivity contribution in [3.05, 3.63) is 21.1 Å². The Morgan fingerprint density at radius 3 is 2.63 bits per heavy atom. The lowest BCUT2D eigenvalue weighted by Crippen LogP contribution is -2.15. The maximum atomic E-state index is 11.0. The first-order chi connectivity index (χ1) is 8.91. The summed E-state index contributed by atoms with van der Waals surface area (Å²) >= 11 is 5.72. The number of hydrogen-bond donors (Lipinski definition) is 1. The predicted molar refractivity (Wildman–Crippen MR) is 74.7 cm³/mol. The summed E-state index contributed by atoms with van der Waals surface area (Å²) in [4.78, 5) is 20.2. The first-order valence-corrected chi connectivity index (χ1v) is 6.36. The van der Waals surface area contributed by atoms with Crippen LogP contribution < -0.4 is 5.32 Å². The van der Waals surface area contributed by atoms with Gasteiger partial charge in [0.1, 0.15) is 5.69 Å². The second-order valence-corrected chi connectivity index (χ2v) is 4.81. The van der Waals surface area contributed by atoms with Gasteiger partial charge in [-0.05, 0) is 52.0 Å². The quantitative estimate of drug-likeness (QED) is 0.358. The molecule has 1 rings (SSSR count). The Morgan fingerprint density at radius 1 is 1.37 bits per heavy atom. The lowest BCUT2D eigenvalue weighted by Gasteiger charge is -2.10. The van der Waals surface area contributed by atoms with Crippen molar-refractivity contribution in [2.45, 2.75) is 19.8 Å². The van der Waals surface area contributed by atoms with E-state index in [9.17, 15) is 10.1 Å². The molecule has 0 aliphatic rings. The topological polar surface area (TPSA) is 84.2 Å². The highest BCUT2D eigenvalue weighted by Gasteiger charge is 2.21. The zero-order valence-corrected chi connectivity index (χ0v) is 12.1. The van der Waals surface area contributed by atoms with Crippen molar-refractivity contribution in [2.24, 2.45) is 0 Å². The maximum Gasteiger partial charge on any atom is 0.332 e. The fourth-order valence-electron chi connectivity index (χ4n) is 1.63. The van der Waals surface area contributed by atoms with Gasteiger partial charge in [0.05, 0.1) is 4.92 Å². The van der Waals surface area contributed by atoms with Gasteiger partial charge < -0.3 is 10.2 Å². The van der Waals surface area contributed by atoms with Crippen molar-refractivity contribution in [1.82, 2.24) is 14.9 Å². The second kappa shape index (κ2) is 7.20. The van der Waals surface area contributed by atoms with E-state index in [0.29, 0.717) is 6.54 Å². The summed E-state index contributed by atoms with van der Waals surface area (Å²) in [6, 6.07) is 0. The van der Waals surface area contributed by atoms with Gasteiger partial charge in [0.15, 0.2) is 0 Å². The van der Waals surface area contributed by atoms with Gasteiger partial charge in [-0.2, -0.15) is 4.98 Å². The molecule has 0 aromatic carbocycles. The van der Waals surface area contributed by atoms with Gasteiger partial charge in [-0.15, -0.1) is 0 Å². The average Bonchev–Trinajstić information content (AvgIpc) is 2.26. The molecule has 7 nitrogen and oxygen atoms in total. The normalized spacial score (nSPS) is 10.8. The van der Waals surface area contributed by atoms with E-state index in [4.69, 9.17) is 11.6 Å². The van der Waals surface area contributed by atoms with Crippen molar-refractivity contribution in [3.8, 4) is 0 Å². The van der Waals surface area contributed by atoms with Crippen LogP contribution in [-0.4, -0.2) is 47.0 Å². The van der Waals surface area contributed by atoms with E-state index in [2.05, 4.69) is 20.2 Å². The van der Waals surface area contributed by atoms with Gasteiger partial charge in [0, 0.05) is 6.54 Å². The Hall–Kier alpha value is -1.47. The summed E-state index contributed by atoms with van der Waals surface area (Å²) in [6.45, 7) is 3.14. The van der Waals surface area contributed by atoms with E-state index in [0.717, 1.165) is 19.4 Å². The summed E-state index contributed by atoms with van der Waals surface area (Å²) < 4.78 is 0. The summed E-state index contributed by atoms with van der Waals surface area (Å²) in [7, 11) is 4.01. The van der Waals surface area contributed by atoms with Gasteiger partial charge in [0.25, 0.3) is 0 Å². The monoisotopic (exact) mass is 287 g/mol. The van der Waals surface area contributed by atoms with E-state index < -0.39 is 4.92 Å². The molecule has 0 amide bonds. The molecule has 106 valence electrons. The van der Waals surface area contributed by atoms with Gasteiger partial charge in [0.2, 0.25) is 11.1 Å². The standard InChI is InChI=1S/C11H18ClN5O2/c1-8-9(17(18)19)10(15-11(12)14-8)13-6-4-5-7-16(2)3/h4-7H2,1-3H3,(H,13,14,15). The van der Waals surface area contributed by atoms with Gasteiger partial charge >= 0.3 is 5.69 Å². The smallest absolute Gasteiger partial charge is 0.332 e. The maximum absolute atomic E-state index is 11.0. The van der Waals surface area contributed by atoms with Crippen LogP contribution in [0.4, 0.5) is 11.5 Å². The number of hydrogen-bond acceptors (Lipinski definition) is 6. The van der Waals surface area contributed by atoms with E-state index in [1.165, 1.54) is 0 Å². The summed E-state index contributed by atoms with van der Waals surface area (Å²) in [5.74, 6) is 0.187. The summed E-state index contributed by atoms with van der Waals surface area (Å²) in [5, 5.41) is 13.9. The molecule has 0 saturated carbocycles. The van der Waals surface area contributed by atoms with E-state index in [1.54, 1.807) is 6.92 Å². The van der Waals surface area contributed by atoms with Crippen LogP contribution in [0.2, 0.25) is 5.28 Å². The zero-order valence-electron chi connectivity index (χ0n) is 11.3. The Morgan fingerprint density at radius 2 is 2.05 bits per heavy atom. The summed E-state index contributed by atoms with van der Waals surface area (Å²) in [6.07, 6.45) is 1.90. The Bertz CT molecular complexity index is 453. The highest BCUT2D eigenvalue weighted by atomic mass is 35.5. The minimum atomic E-state index is -0.492. The highest BCUT2D eigenvalue weighted by molar-refractivity contribution is 6.28. The lowest BCUT2D eigenvalue weighted by atomic mass is 10.3. The molecular weight excluding hydrogens is 270 g/mol. The van der Waals surface area contributed by atoms with Crippen LogP contribution in [0.3, 0.4) is 0 Å². The minimum absolute atomic E-state index is 0.0129. The Kier molecular flexibility index (Phi) is 5.91. The van der Waals surface area contributed by atoms with E-state index in [-0.39, 0.29) is 22.5 Å². The molecule has 0 atom stereocenters. The SMILES string of the molecule is Cc1nc(Cl)nc(NCCCCN(C)C)c1[N+](=O)[O-]. The number of nitrogens with one attached hydrogen (secondary N) is 1. The van der Waals surface area contributed by atoms with Crippen LogP contribution in [0.1, 0.15) is 18.5 Å². The number of halogens is 1. The van der Waals surface area contributed by atoms with Crippen molar-refractivity contribution in [3.63, 3.8) is 0 Å². The molecule has 8 heteroatoms. The van der Waals surface area contributed by atoms with Crippen molar-refractivity contribution in [2.75, 3.05) is 32.5 Å². The molecule has 0 unspecified atom stereocenters. The average molecular weight is 288 g/mol. The largest absolute Gasteiger partial charge is 0.364 e. The molecule has 0 fully saturated rings. The fourth-order valence-corrected chi connectivity index (χ4v) is 1.85. The van der Waals surface area contributed by atoms with Crippen molar-refractivity contribution >= 4 is 23.1 Å². The van der Waals surface area contributed by atoms with Crippen LogP contribution >= 0.6 is 11.6 Å². The third-order valence-electron chi connectivity index (χ3n) is 2.54. The third kappa shape index (κ3) is 4.96. The van der Waals surface area contributed by atoms with Crippen LogP contribution in [0.15, 0.2) is 0 Å². The molecule has 0 aliphatic carbocycles. The molecule has 19 heavy (non-hydrogen) atoms. The molecule has 0 aliphatic heterocycles. The van der Waals surface area contributed by atoms with Crippen LogP contribution in [0.25, 0.3) is 0 Å². The number of unbranched alkanes of at least 4 members (excludes halogenated alkanes) is 1. The number of aryl methyl sites for hydroxylation is 1. The molecule has 1 aromatic heterocycles. The van der Waals surface area contributed by atoms with Crippen LogP contribution in [0.5, 0.6) is 0 Å². The first kappa shape index (κ1) is 15.6. The fraction of sp³-hybridized carbons (Fsp3) is 0.636. The van der Waals surface area contributed by atoms with Crippen molar-refractivity contribution in [1.29, 1.82) is 0 Å². The molecule has 0 spiro atoms. The zero-order chi connectivity index (χ0) is 14.4. The van der Waals surface area contributed by atoms with Crippen molar-refractivity contribution < 1.29 is 4.92 Å². The molecule has 1 heterocycles. The van der Waals surface area contributed by atoms with Gasteiger partial charge in [-0.1, -0.05) is 0 Å². The molecular formula is C11H18ClN5O2. The summed E-state index contributed by atoms with van der Waals surface area (Å²) in [5.41, 5.74) is 0.151. The van der Waals surface area contributed by atoms with E-state index >= 15 is 0 Å². The van der Waals surface area contributed by atoms with Gasteiger partial charge in [-0.25, -0.2) is 4.98 Å². The second-order valence-electron chi connectivity index (χ2n) is 4.47. The lowest BCUT2D eigenvalue weighted by molar-refractivity contribution is -0.385. The minimum Gasteiger partial charge on any atom is -0.364 e. The first-order valence-electron chi connectivity index (χ1n) is 5.99. The van der Waals surface area contributed by atoms with E-state index in [1.807, 2.05) is 14.1 Å².